The molecule has 5 atom stereocenters. The van der Waals surface area contributed by atoms with Gasteiger partial charge in [0.2, 0.25) is 0 Å². The fourth-order valence-electron chi connectivity index (χ4n) is 4.09. The van der Waals surface area contributed by atoms with E-state index in [-0.39, 0.29) is 0 Å². The smallest absolute Gasteiger partial charge is 0.303 e. The Morgan fingerprint density at radius 3 is 1.48 bits per heavy atom. The lowest BCUT2D eigenvalue weighted by Gasteiger charge is -2.37. The Morgan fingerprint density at radius 1 is 0.606 bits per heavy atom. The first-order valence-electron chi connectivity index (χ1n) is 12.7. The summed E-state index contributed by atoms with van der Waals surface area (Å²) in [6, 6.07) is 0. The van der Waals surface area contributed by atoms with E-state index in [9.17, 15) is 30.0 Å². The lowest BCUT2D eigenvalue weighted by atomic mass is 9.98. The van der Waals surface area contributed by atoms with Gasteiger partial charge in [-0.1, -0.05) is 83.5 Å². The number of aliphatic hydroxyl groups excluding tert-OH is 4. The van der Waals surface area contributed by atoms with Crippen molar-refractivity contribution in [3.63, 3.8) is 0 Å². The van der Waals surface area contributed by atoms with Crippen LogP contribution in [0.25, 0.3) is 0 Å². The number of carboxylic acid groups (broad SMARTS) is 1. The molecule has 6 N–H and O–H groups in total. The number of aliphatic carboxylic acids is 1. The maximum Gasteiger partial charge on any atom is 0.303 e. The van der Waals surface area contributed by atoms with Crippen molar-refractivity contribution in [1.82, 2.24) is 5.32 Å². The summed E-state index contributed by atoms with van der Waals surface area (Å²) >= 11 is 0. The van der Waals surface area contributed by atoms with Gasteiger partial charge in [-0.3, -0.25) is 9.59 Å². The van der Waals surface area contributed by atoms with E-state index in [1.54, 1.807) is 0 Å². The summed E-state index contributed by atoms with van der Waals surface area (Å²) in [5, 5.41) is 49.6. The number of hydrogen-bond donors (Lipinski definition) is 6. The van der Waals surface area contributed by atoms with Crippen molar-refractivity contribution in [1.29, 1.82) is 0 Å². The van der Waals surface area contributed by atoms with Crippen molar-refractivity contribution in [2.75, 3.05) is 6.54 Å². The normalized spacial score (nSPS) is 25.2. The highest BCUT2D eigenvalue weighted by Gasteiger charge is 2.45. The van der Waals surface area contributed by atoms with Gasteiger partial charge in [0, 0.05) is 13.0 Å². The first-order chi connectivity index (χ1) is 15.8. The number of carbonyl (C=O) groups excluding carboxylic acids is 1. The molecule has 0 bridgehead atoms. The quantitative estimate of drug-likeness (QED) is 0.155. The zero-order valence-corrected chi connectivity index (χ0v) is 19.9. The number of rotatable bonds is 19. The molecule has 0 spiro atoms. The Bertz CT molecular complexity index is 533. The van der Waals surface area contributed by atoms with E-state index in [0.717, 1.165) is 38.5 Å². The van der Waals surface area contributed by atoms with Gasteiger partial charge in [0.15, 0.2) is 12.4 Å². The van der Waals surface area contributed by atoms with Gasteiger partial charge in [0.05, 0.1) is 0 Å². The molecule has 9 nitrogen and oxygen atoms in total. The van der Waals surface area contributed by atoms with Crippen LogP contribution < -0.4 is 5.32 Å². The third-order valence-corrected chi connectivity index (χ3v) is 6.21. The van der Waals surface area contributed by atoms with Crippen LogP contribution in [0.15, 0.2) is 0 Å². The van der Waals surface area contributed by atoms with Crippen LogP contribution in [0.5, 0.6) is 0 Å². The summed E-state index contributed by atoms with van der Waals surface area (Å²) in [4.78, 5) is 22.5. The molecule has 0 radical (unpaired) electrons. The van der Waals surface area contributed by atoms with Crippen LogP contribution >= 0.6 is 0 Å². The molecule has 5 unspecified atom stereocenters. The Labute approximate surface area is 197 Å². The highest BCUT2D eigenvalue weighted by molar-refractivity contribution is 5.81. The molecule has 0 aromatic carbocycles. The Hall–Kier alpha value is -1.26. The van der Waals surface area contributed by atoms with Crippen LogP contribution in [0.1, 0.15) is 103 Å². The minimum Gasteiger partial charge on any atom is -0.481 e. The molecule has 1 aliphatic heterocycles. The van der Waals surface area contributed by atoms with Crippen molar-refractivity contribution in [3.8, 4) is 0 Å². The molecule has 0 aromatic heterocycles. The predicted octanol–water partition coefficient (Wildman–Crippen LogP) is 2.23. The van der Waals surface area contributed by atoms with Crippen LogP contribution in [0.4, 0.5) is 0 Å². The van der Waals surface area contributed by atoms with E-state index < -0.39 is 42.6 Å². The lowest BCUT2D eigenvalue weighted by molar-refractivity contribution is -0.275. The van der Waals surface area contributed by atoms with E-state index >= 15 is 0 Å². The van der Waals surface area contributed by atoms with Crippen molar-refractivity contribution in [3.05, 3.63) is 0 Å². The molecule has 0 aromatic rings. The molecule has 9 heteroatoms. The number of nitrogens with one attached hydrogen (secondary N) is 1. The molecule has 0 aliphatic carbocycles. The Morgan fingerprint density at radius 2 is 1.03 bits per heavy atom. The molecule has 0 saturated carbocycles. The number of unbranched alkanes of at least 4 members (excludes halogenated alkanes) is 14. The summed E-state index contributed by atoms with van der Waals surface area (Å²) in [5.41, 5.74) is 0. The third-order valence-electron chi connectivity index (χ3n) is 6.21. The van der Waals surface area contributed by atoms with Gasteiger partial charge in [0.1, 0.15) is 18.3 Å². The third kappa shape index (κ3) is 13.3. The average molecular weight is 476 g/mol. The summed E-state index contributed by atoms with van der Waals surface area (Å²) in [6.45, 7) is 0.430. The van der Waals surface area contributed by atoms with Crippen molar-refractivity contribution in [2.24, 2.45) is 0 Å². The molecule has 194 valence electrons. The highest BCUT2D eigenvalue weighted by Crippen LogP contribution is 2.20. The van der Waals surface area contributed by atoms with Crippen LogP contribution in [-0.2, 0) is 14.3 Å². The van der Waals surface area contributed by atoms with Gasteiger partial charge < -0.3 is 35.6 Å². The summed E-state index contributed by atoms with van der Waals surface area (Å²) in [6.07, 6.45) is 9.38. The van der Waals surface area contributed by atoms with Crippen LogP contribution in [0.2, 0.25) is 0 Å². The van der Waals surface area contributed by atoms with E-state index in [0.29, 0.717) is 13.0 Å². The Kier molecular flexibility index (Phi) is 16.3. The topological polar surface area (TPSA) is 157 Å². The minimum atomic E-state index is -1.71. The molecule has 1 heterocycles. The second-order valence-electron chi connectivity index (χ2n) is 9.16. The molecule has 1 saturated heterocycles. The molecule has 1 amide bonds. The molecule has 1 rings (SSSR count). The van der Waals surface area contributed by atoms with Crippen molar-refractivity contribution < 1.29 is 39.9 Å². The van der Waals surface area contributed by atoms with Crippen molar-refractivity contribution >= 4 is 11.9 Å². The first kappa shape index (κ1) is 29.8. The SMILES string of the molecule is O=C(O)CCCCCCCCCCCCCCCCCNC(=O)C1OC(O)C(O)C(O)C1O. The summed E-state index contributed by atoms with van der Waals surface area (Å²) in [5.74, 6) is -1.30. The number of carboxylic acids is 1. The van der Waals surface area contributed by atoms with Gasteiger partial charge in [0.25, 0.3) is 5.91 Å². The first-order valence-corrected chi connectivity index (χ1v) is 12.7. The van der Waals surface area contributed by atoms with E-state index in [1.807, 2.05) is 0 Å². The average Bonchev–Trinajstić information content (AvgIpc) is 2.78. The summed E-state index contributed by atoms with van der Waals surface area (Å²) < 4.78 is 4.90. The molecular formula is C24H45NO8. The molecule has 33 heavy (non-hydrogen) atoms. The summed E-state index contributed by atoms with van der Waals surface area (Å²) in [7, 11) is 0. The number of ether oxygens (including phenoxy) is 1. The minimum absolute atomic E-state index is 0.293. The lowest BCUT2D eigenvalue weighted by Crippen LogP contribution is -2.61. The number of carbonyl (C=O) groups is 2. The van der Waals surface area contributed by atoms with Gasteiger partial charge in [-0.25, -0.2) is 0 Å². The van der Waals surface area contributed by atoms with Crippen molar-refractivity contribution in [2.45, 2.75) is 133 Å². The molecular weight excluding hydrogens is 430 g/mol. The zero-order valence-electron chi connectivity index (χ0n) is 19.9. The van der Waals surface area contributed by atoms with Gasteiger partial charge in [-0.05, 0) is 12.8 Å². The fraction of sp³-hybridized carbons (Fsp3) is 0.917. The van der Waals surface area contributed by atoms with Gasteiger partial charge in [-0.2, -0.15) is 0 Å². The standard InChI is InChI=1S/C24H45NO8/c26-18(27)16-14-12-10-8-6-4-2-1-3-5-7-9-11-13-15-17-25-23(31)22-20(29)19(28)21(30)24(32)33-22/h19-22,24,28-30,32H,1-17H2,(H,25,31)(H,26,27). The Balaban J connectivity index is 1.85. The zero-order chi connectivity index (χ0) is 24.5. The van der Waals surface area contributed by atoms with E-state index in [1.165, 1.54) is 57.8 Å². The fourth-order valence-corrected chi connectivity index (χ4v) is 4.09. The maximum absolute atomic E-state index is 12.1. The monoisotopic (exact) mass is 475 g/mol. The van der Waals surface area contributed by atoms with Gasteiger partial charge in [-0.15, -0.1) is 0 Å². The second kappa shape index (κ2) is 18.1. The second-order valence-corrected chi connectivity index (χ2v) is 9.16. The van der Waals surface area contributed by atoms with Crippen LogP contribution in [0.3, 0.4) is 0 Å². The van der Waals surface area contributed by atoms with Crippen LogP contribution in [-0.4, -0.2) is 74.7 Å². The molecule has 1 fully saturated rings. The highest BCUT2D eigenvalue weighted by atomic mass is 16.6. The number of amides is 1. The predicted molar refractivity (Wildman–Crippen MR) is 123 cm³/mol. The van der Waals surface area contributed by atoms with Crippen LogP contribution in [0, 0.1) is 0 Å². The maximum atomic E-state index is 12.1. The number of hydrogen-bond acceptors (Lipinski definition) is 7. The molecule has 1 aliphatic rings. The van der Waals surface area contributed by atoms with E-state index in [2.05, 4.69) is 5.32 Å². The van der Waals surface area contributed by atoms with Gasteiger partial charge >= 0.3 is 5.97 Å². The largest absolute Gasteiger partial charge is 0.481 e. The number of aliphatic hydroxyl groups is 4. The van der Waals surface area contributed by atoms with E-state index in [4.69, 9.17) is 9.84 Å².